The van der Waals surface area contributed by atoms with Crippen LogP contribution in [0.5, 0.6) is 11.5 Å². The summed E-state index contributed by atoms with van der Waals surface area (Å²) >= 11 is 1.42. The third kappa shape index (κ3) is 4.85. The fourth-order valence-electron chi connectivity index (χ4n) is 2.59. The third-order valence-electron chi connectivity index (χ3n) is 3.81. The van der Waals surface area contributed by atoms with Crippen LogP contribution in [0.25, 0.3) is 4.96 Å². The number of rotatable bonds is 8. The van der Waals surface area contributed by atoms with Crippen LogP contribution in [-0.4, -0.2) is 35.1 Å². The van der Waals surface area contributed by atoms with Gasteiger partial charge >= 0.3 is 0 Å². The zero-order chi connectivity index (χ0) is 19.2. The van der Waals surface area contributed by atoms with Crippen molar-refractivity contribution in [1.29, 1.82) is 0 Å². The summed E-state index contributed by atoms with van der Waals surface area (Å²) in [5.41, 5.74) is 1.44. The van der Waals surface area contributed by atoms with Gasteiger partial charge in [0, 0.05) is 35.8 Å². The molecule has 7 nitrogen and oxygen atoms in total. The van der Waals surface area contributed by atoms with Crippen molar-refractivity contribution in [3.8, 4) is 11.5 Å². The van der Waals surface area contributed by atoms with Crippen LogP contribution in [-0.2, 0) is 11.2 Å². The highest BCUT2D eigenvalue weighted by Crippen LogP contribution is 2.17. The van der Waals surface area contributed by atoms with Gasteiger partial charge in [0.1, 0.15) is 11.5 Å². The lowest BCUT2D eigenvalue weighted by atomic mass is 10.3. The van der Waals surface area contributed by atoms with E-state index < -0.39 is 0 Å². The van der Waals surface area contributed by atoms with E-state index in [-0.39, 0.29) is 18.1 Å². The number of hydrogen-bond acceptors (Lipinski definition) is 6. The van der Waals surface area contributed by atoms with E-state index in [1.165, 1.54) is 17.4 Å². The molecule has 1 amide bonds. The van der Waals surface area contributed by atoms with Crippen LogP contribution in [0.15, 0.2) is 40.5 Å². The maximum atomic E-state index is 12.1. The summed E-state index contributed by atoms with van der Waals surface area (Å²) < 4.78 is 12.4. The number of ether oxygens (including phenoxy) is 2. The molecule has 3 rings (SSSR count). The Morgan fingerprint density at radius 3 is 2.63 bits per heavy atom. The van der Waals surface area contributed by atoms with E-state index in [1.54, 1.807) is 35.6 Å². The Morgan fingerprint density at radius 2 is 1.93 bits per heavy atom. The van der Waals surface area contributed by atoms with Gasteiger partial charge in [0.2, 0.25) is 0 Å². The highest BCUT2D eigenvalue weighted by atomic mass is 32.1. The molecule has 0 spiro atoms. The Kier molecular flexibility index (Phi) is 6.08. The average Bonchev–Trinajstić information content (AvgIpc) is 3.04. The number of thiazole rings is 1. The standard InChI is InChI=1S/C19H21N3O4S/c1-3-25-15-4-6-16(7-5-15)26-11-17(23)20-9-8-14-12-27-19-21-13(2)10-18(24)22(14)19/h4-7,10,12H,3,8-9,11H2,1-2H3,(H,20,23). The van der Waals surface area contributed by atoms with Gasteiger partial charge in [-0.2, -0.15) is 0 Å². The maximum Gasteiger partial charge on any atom is 0.258 e. The first-order chi connectivity index (χ1) is 13.1. The summed E-state index contributed by atoms with van der Waals surface area (Å²) in [6.45, 7) is 4.66. The van der Waals surface area contributed by atoms with E-state index in [2.05, 4.69) is 10.3 Å². The third-order valence-corrected chi connectivity index (χ3v) is 4.69. The molecule has 142 valence electrons. The largest absolute Gasteiger partial charge is 0.494 e. The molecular formula is C19H21N3O4S. The summed E-state index contributed by atoms with van der Waals surface area (Å²) in [6, 6.07) is 8.62. The van der Waals surface area contributed by atoms with Crippen molar-refractivity contribution in [2.75, 3.05) is 19.8 Å². The molecular weight excluding hydrogens is 366 g/mol. The summed E-state index contributed by atoms with van der Waals surface area (Å²) in [6.07, 6.45) is 0.541. The molecule has 0 saturated carbocycles. The minimum absolute atomic E-state index is 0.0704. The summed E-state index contributed by atoms with van der Waals surface area (Å²) in [4.78, 5) is 29.1. The number of aromatic nitrogens is 2. The van der Waals surface area contributed by atoms with Crippen molar-refractivity contribution in [2.45, 2.75) is 20.3 Å². The van der Waals surface area contributed by atoms with Gasteiger partial charge in [-0.3, -0.25) is 14.0 Å². The fourth-order valence-corrected chi connectivity index (χ4v) is 3.56. The molecule has 1 aromatic carbocycles. The Balaban J connectivity index is 1.48. The number of nitrogens with one attached hydrogen (secondary N) is 1. The SMILES string of the molecule is CCOc1ccc(OCC(=O)NCCc2csc3nc(C)cc(=O)n23)cc1. The van der Waals surface area contributed by atoms with Gasteiger partial charge in [-0.25, -0.2) is 4.98 Å². The average molecular weight is 387 g/mol. The van der Waals surface area contributed by atoms with Gasteiger partial charge in [0.15, 0.2) is 11.6 Å². The number of hydrogen-bond donors (Lipinski definition) is 1. The monoisotopic (exact) mass is 387 g/mol. The van der Waals surface area contributed by atoms with Crippen LogP contribution in [0, 0.1) is 6.92 Å². The number of aryl methyl sites for hydroxylation is 1. The van der Waals surface area contributed by atoms with Crippen LogP contribution in [0.3, 0.4) is 0 Å². The number of carbonyl (C=O) groups is 1. The molecule has 2 heterocycles. The van der Waals surface area contributed by atoms with Crippen LogP contribution < -0.4 is 20.3 Å². The molecule has 0 aliphatic carbocycles. The summed E-state index contributed by atoms with van der Waals surface area (Å²) in [5.74, 6) is 1.15. The van der Waals surface area contributed by atoms with E-state index in [0.717, 1.165) is 11.4 Å². The van der Waals surface area contributed by atoms with Crippen LogP contribution in [0.4, 0.5) is 0 Å². The van der Waals surface area contributed by atoms with Gasteiger partial charge in [-0.1, -0.05) is 0 Å². The number of carbonyl (C=O) groups excluding carboxylic acids is 1. The van der Waals surface area contributed by atoms with Crippen molar-refractivity contribution in [3.63, 3.8) is 0 Å². The molecule has 0 bridgehead atoms. The predicted molar refractivity (Wildman–Crippen MR) is 104 cm³/mol. The van der Waals surface area contributed by atoms with E-state index in [9.17, 15) is 9.59 Å². The normalized spacial score (nSPS) is 10.7. The summed E-state index contributed by atoms with van der Waals surface area (Å²) in [5, 5.41) is 4.69. The Morgan fingerprint density at radius 1 is 1.22 bits per heavy atom. The summed E-state index contributed by atoms with van der Waals surface area (Å²) in [7, 11) is 0. The second-order valence-corrected chi connectivity index (χ2v) is 6.71. The molecule has 0 unspecified atom stereocenters. The van der Waals surface area contributed by atoms with Crippen molar-refractivity contribution in [2.24, 2.45) is 0 Å². The molecule has 0 saturated heterocycles. The highest BCUT2D eigenvalue weighted by molar-refractivity contribution is 7.15. The maximum absolute atomic E-state index is 12.1. The fraction of sp³-hybridized carbons (Fsp3) is 0.316. The van der Waals surface area contributed by atoms with Gasteiger partial charge in [0.25, 0.3) is 11.5 Å². The first-order valence-corrected chi connectivity index (χ1v) is 9.54. The Bertz CT molecular complexity index is 979. The van der Waals surface area contributed by atoms with Crippen molar-refractivity contribution in [1.82, 2.24) is 14.7 Å². The zero-order valence-corrected chi connectivity index (χ0v) is 16.0. The van der Waals surface area contributed by atoms with Crippen LogP contribution in [0.2, 0.25) is 0 Å². The Labute approximate surface area is 160 Å². The van der Waals surface area contributed by atoms with E-state index >= 15 is 0 Å². The van der Waals surface area contributed by atoms with Gasteiger partial charge in [0.05, 0.1) is 6.61 Å². The topological polar surface area (TPSA) is 81.9 Å². The van der Waals surface area contributed by atoms with Crippen molar-refractivity contribution >= 4 is 22.2 Å². The highest BCUT2D eigenvalue weighted by Gasteiger charge is 2.09. The lowest BCUT2D eigenvalue weighted by molar-refractivity contribution is -0.123. The van der Waals surface area contributed by atoms with E-state index in [4.69, 9.17) is 9.47 Å². The van der Waals surface area contributed by atoms with Gasteiger partial charge in [-0.05, 0) is 38.1 Å². The van der Waals surface area contributed by atoms with Crippen LogP contribution >= 0.6 is 11.3 Å². The molecule has 1 N–H and O–H groups in total. The molecule has 0 atom stereocenters. The second kappa shape index (κ2) is 8.68. The van der Waals surface area contributed by atoms with E-state index in [1.807, 2.05) is 12.3 Å². The number of fused-ring (bicyclic) bond motifs is 1. The molecule has 0 aliphatic rings. The first kappa shape index (κ1) is 18.9. The zero-order valence-electron chi connectivity index (χ0n) is 15.2. The lowest BCUT2D eigenvalue weighted by Gasteiger charge is -2.08. The molecule has 8 heteroatoms. The Hall–Kier alpha value is -2.87. The molecule has 0 aliphatic heterocycles. The molecule has 3 aromatic rings. The minimum atomic E-state index is -0.218. The number of benzene rings is 1. The smallest absolute Gasteiger partial charge is 0.258 e. The minimum Gasteiger partial charge on any atom is -0.494 e. The first-order valence-electron chi connectivity index (χ1n) is 8.66. The van der Waals surface area contributed by atoms with Crippen LogP contribution in [0.1, 0.15) is 18.3 Å². The predicted octanol–water partition coefficient (Wildman–Crippen LogP) is 2.20. The number of amides is 1. The number of nitrogens with zero attached hydrogens (tertiary/aromatic N) is 2. The van der Waals surface area contributed by atoms with Gasteiger partial charge in [-0.15, -0.1) is 11.3 Å². The second-order valence-electron chi connectivity index (χ2n) is 5.87. The molecule has 2 aromatic heterocycles. The van der Waals surface area contributed by atoms with Crippen molar-refractivity contribution < 1.29 is 14.3 Å². The van der Waals surface area contributed by atoms with Crippen molar-refractivity contribution in [3.05, 3.63) is 57.5 Å². The van der Waals surface area contributed by atoms with Gasteiger partial charge < -0.3 is 14.8 Å². The van der Waals surface area contributed by atoms with E-state index in [0.29, 0.717) is 36.0 Å². The molecule has 27 heavy (non-hydrogen) atoms. The lowest BCUT2D eigenvalue weighted by Crippen LogP contribution is -2.31. The molecule has 0 fully saturated rings. The molecule has 0 radical (unpaired) electrons. The quantitative estimate of drug-likeness (QED) is 0.641.